The summed E-state index contributed by atoms with van der Waals surface area (Å²) >= 11 is 6.16. The lowest BCUT2D eigenvalue weighted by Crippen LogP contribution is -2.22. The fourth-order valence-electron chi connectivity index (χ4n) is 3.40. The highest BCUT2D eigenvalue weighted by Gasteiger charge is 2.28. The van der Waals surface area contributed by atoms with Gasteiger partial charge in [-0.2, -0.15) is 5.26 Å². The van der Waals surface area contributed by atoms with Gasteiger partial charge in [-0.25, -0.2) is 0 Å². The molecule has 0 amide bonds. The number of halogens is 1. The minimum atomic E-state index is -0.804. The van der Waals surface area contributed by atoms with Gasteiger partial charge in [0.15, 0.2) is 5.58 Å². The highest BCUT2D eigenvalue weighted by atomic mass is 35.5. The van der Waals surface area contributed by atoms with Crippen LogP contribution in [0.3, 0.4) is 0 Å². The number of carboxylic acids is 1. The van der Waals surface area contributed by atoms with Gasteiger partial charge in [0.05, 0.1) is 27.3 Å². The van der Waals surface area contributed by atoms with Crippen molar-refractivity contribution in [3.63, 3.8) is 0 Å². The smallest absolute Gasteiger partial charge is 0.308 e. The molecule has 0 saturated carbocycles. The number of carbonyl (C=O) groups is 1. The molecule has 2 aromatic carbocycles. The SMILES string of the molecule is N#Cc1ccc(Cl)c2oc3cc(N4CCC(C(=O)O)C4)ccc3c(=O)c12. The summed E-state index contributed by atoms with van der Waals surface area (Å²) in [6, 6.07) is 10.1. The molecule has 1 unspecified atom stereocenters. The van der Waals surface area contributed by atoms with Gasteiger partial charge in [0.25, 0.3) is 0 Å². The summed E-state index contributed by atoms with van der Waals surface area (Å²) < 4.78 is 5.85. The van der Waals surface area contributed by atoms with Crippen LogP contribution in [0.4, 0.5) is 5.69 Å². The first-order valence-electron chi connectivity index (χ1n) is 8.06. The van der Waals surface area contributed by atoms with Crippen LogP contribution < -0.4 is 10.3 Å². The van der Waals surface area contributed by atoms with Crippen LogP contribution in [0.2, 0.25) is 5.02 Å². The first-order valence-corrected chi connectivity index (χ1v) is 8.44. The van der Waals surface area contributed by atoms with E-state index in [0.717, 1.165) is 5.69 Å². The van der Waals surface area contributed by atoms with E-state index in [-0.39, 0.29) is 27.0 Å². The largest absolute Gasteiger partial charge is 0.481 e. The average molecular weight is 369 g/mol. The van der Waals surface area contributed by atoms with Crippen LogP contribution >= 0.6 is 11.6 Å². The Balaban J connectivity index is 1.89. The van der Waals surface area contributed by atoms with Crippen molar-refractivity contribution in [3.05, 3.63) is 51.1 Å². The van der Waals surface area contributed by atoms with Crippen LogP contribution in [0.5, 0.6) is 0 Å². The van der Waals surface area contributed by atoms with Crippen molar-refractivity contribution in [1.29, 1.82) is 5.26 Å². The van der Waals surface area contributed by atoms with Gasteiger partial charge < -0.3 is 14.4 Å². The number of aliphatic carboxylic acids is 1. The van der Waals surface area contributed by atoms with Gasteiger partial charge in [0, 0.05) is 24.8 Å². The number of hydrogen-bond acceptors (Lipinski definition) is 5. The summed E-state index contributed by atoms with van der Waals surface area (Å²) in [5.74, 6) is -1.21. The normalized spacial score (nSPS) is 16.9. The van der Waals surface area contributed by atoms with Crippen molar-refractivity contribution in [2.24, 2.45) is 5.92 Å². The third kappa shape index (κ3) is 2.49. The van der Waals surface area contributed by atoms with Gasteiger partial charge in [-0.1, -0.05) is 11.6 Å². The minimum absolute atomic E-state index is 0.173. The molecule has 1 saturated heterocycles. The molecule has 1 N–H and O–H groups in total. The molecule has 1 aromatic heterocycles. The summed E-state index contributed by atoms with van der Waals surface area (Å²) in [5.41, 5.74) is 1.24. The maximum absolute atomic E-state index is 12.8. The van der Waals surface area contributed by atoms with Gasteiger partial charge in [0.2, 0.25) is 5.43 Å². The predicted molar refractivity (Wildman–Crippen MR) is 97.7 cm³/mol. The molecule has 26 heavy (non-hydrogen) atoms. The summed E-state index contributed by atoms with van der Waals surface area (Å²) in [6.07, 6.45) is 0.576. The number of anilines is 1. The van der Waals surface area contributed by atoms with Crippen LogP contribution in [0.25, 0.3) is 21.9 Å². The second-order valence-electron chi connectivity index (χ2n) is 6.29. The monoisotopic (exact) mass is 368 g/mol. The van der Waals surface area contributed by atoms with E-state index in [9.17, 15) is 14.9 Å². The molecule has 0 aliphatic carbocycles. The number of nitriles is 1. The van der Waals surface area contributed by atoms with E-state index in [1.807, 2.05) is 11.0 Å². The van der Waals surface area contributed by atoms with Crippen molar-refractivity contribution in [2.75, 3.05) is 18.0 Å². The molecule has 3 aromatic rings. The topological polar surface area (TPSA) is 94.5 Å². The van der Waals surface area contributed by atoms with E-state index in [2.05, 4.69) is 0 Å². The summed E-state index contributed by atoms with van der Waals surface area (Å²) in [5, 5.41) is 19.2. The summed E-state index contributed by atoms with van der Waals surface area (Å²) in [7, 11) is 0. The number of fused-ring (bicyclic) bond motifs is 2. The van der Waals surface area contributed by atoms with Crippen molar-refractivity contribution >= 4 is 45.2 Å². The molecule has 6 nitrogen and oxygen atoms in total. The molecule has 0 radical (unpaired) electrons. The second-order valence-corrected chi connectivity index (χ2v) is 6.70. The Morgan fingerprint density at radius 3 is 2.85 bits per heavy atom. The Kier molecular flexibility index (Phi) is 3.82. The maximum Gasteiger partial charge on any atom is 0.308 e. The van der Waals surface area contributed by atoms with E-state index in [0.29, 0.717) is 30.5 Å². The first kappa shape index (κ1) is 16.4. The van der Waals surface area contributed by atoms with E-state index in [1.165, 1.54) is 12.1 Å². The Morgan fingerprint density at radius 1 is 1.35 bits per heavy atom. The Hall–Kier alpha value is -3.04. The lowest BCUT2D eigenvalue weighted by Gasteiger charge is -2.18. The average Bonchev–Trinajstić information content (AvgIpc) is 3.13. The summed E-state index contributed by atoms with van der Waals surface area (Å²) in [6.45, 7) is 1.04. The third-order valence-electron chi connectivity index (χ3n) is 4.78. The summed E-state index contributed by atoms with van der Waals surface area (Å²) in [4.78, 5) is 25.9. The fourth-order valence-corrected chi connectivity index (χ4v) is 3.59. The van der Waals surface area contributed by atoms with Crippen LogP contribution in [-0.2, 0) is 4.79 Å². The van der Waals surface area contributed by atoms with Gasteiger partial charge in [-0.05, 0) is 30.7 Å². The molecule has 4 rings (SSSR count). The third-order valence-corrected chi connectivity index (χ3v) is 5.08. The molecule has 0 spiro atoms. The molecule has 1 atom stereocenters. The van der Waals surface area contributed by atoms with Gasteiger partial charge in [-0.3, -0.25) is 9.59 Å². The Morgan fingerprint density at radius 2 is 2.15 bits per heavy atom. The van der Waals surface area contributed by atoms with E-state index < -0.39 is 11.9 Å². The van der Waals surface area contributed by atoms with Crippen molar-refractivity contribution in [3.8, 4) is 6.07 Å². The Bertz CT molecular complexity index is 1160. The lowest BCUT2D eigenvalue weighted by molar-refractivity contribution is -0.140. The molecular weight excluding hydrogens is 356 g/mol. The first-order chi connectivity index (χ1) is 12.5. The number of carboxylic acid groups (broad SMARTS) is 1. The maximum atomic E-state index is 12.8. The molecule has 130 valence electrons. The minimum Gasteiger partial charge on any atom is -0.481 e. The number of hydrogen-bond donors (Lipinski definition) is 1. The zero-order valence-corrected chi connectivity index (χ0v) is 14.3. The van der Waals surface area contributed by atoms with Gasteiger partial charge in [-0.15, -0.1) is 0 Å². The molecule has 1 aliphatic heterocycles. The number of benzene rings is 2. The van der Waals surface area contributed by atoms with Gasteiger partial charge >= 0.3 is 5.97 Å². The molecule has 1 aliphatic rings. The zero-order valence-electron chi connectivity index (χ0n) is 13.5. The van der Waals surface area contributed by atoms with Crippen molar-refractivity contribution < 1.29 is 14.3 Å². The molecule has 7 heteroatoms. The van der Waals surface area contributed by atoms with E-state index in [1.54, 1.807) is 18.2 Å². The molecule has 0 bridgehead atoms. The fraction of sp³-hybridized carbons (Fsp3) is 0.211. The molecule has 1 fully saturated rings. The quantitative estimate of drug-likeness (QED) is 0.697. The molecular formula is C19H13ClN2O4. The van der Waals surface area contributed by atoms with Crippen molar-refractivity contribution in [2.45, 2.75) is 6.42 Å². The van der Waals surface area contributed by atoms with Crippen LogP contribution in [0.1, 0.15) is 12.0 Å². The second kappa shape index (κ2) is 6.04. The zero-order chi connectivity index (χ0) is 18.4. The number of rotatable bonds is 2. The van der Waals surface area contributed by atoms with Crippen molar-refractivity contribution in [1.82, 2.24) is 0 Å². The highest BCUT2D eigenvalue weighted by Crippen LogP contribution is 2.31. The highest BCUT2D eigenvalue weighted by molar-refractivity contribution is 6.35. The standard InChI is InChI=1S/C19H13ClN2O4/c20-14-4-1-10(8-21)16-17(23)13-3-2-12(7-15(13)26-18(14)16)22-6-5-11(9-22)19(24)25/h1-4,7,11H,5-6,9H2,(H,24,25). The molecule has 2 heterocycles. The van der Waals surface area contributed by atoms with Crippen LogP contribution in [-0.4, -0.2) is 24.2 Å². The van der Waals surface area contributed by atoms with Crippen LogP contribution in [0.15, 0.2) is 39.5 Å². The van der Waals surface area contributed by atoms with E-state index >= 15 is 0 Å². The Labute approximate surface area is 152 Å². The number of nitrogens with zero attached hydrogens (tertiary/aromatic N) is 2. The lowest BCUT2D eigenvalue weighted by atomic mass is 10.1. The van der Waals surface area contributed by atoms with Crippen LogP contribution in [0, 0.1) is 17.2 Å². The van der Waals surface area contributed by atoms with Gasteiger partial charge in [0.1, 0.15) is 11.7 Å². The predicted octanol–water partition coefficient (Wildman–Crippen LogP) is 3.38. The van der Waals surface area contributed by atoms with E-state index in [4.69, 9.17) is 21.1 Å².